The van der Waals surface area contributed by atoms with Crippen molar-refractivity contribution in [2.45, 2.75) is 0 Å². The zero-order chi connectivity index (χ0) is 15.6. The van der Waals surface area contributed by atoms with Crippen molar-refractivity contribution in [3.8, 4) is 5.69 Å². The van der Waals surface area contributed by atoms with E-state index in [-0.39, 0.29) is 0 Å². The highest BCUT2D eigenvalue weighted by atomic mass is 15.3. The molecule has 0 unspecified atom stereocenters. The van der Waals surface area contributed by atoms with Gasteiger partial charge >= 0.3 is 0 Å². The van der Waals surface area contributed by atoms with Crippen molar-refractivity contribution in [1.82, 2.24) is 19.7 Å². The van der Waals surface area contributed by atoms with Gasteiger partial charge in [0, 0.05) is 11.4 Å². The predicted molar refractivity (Wildman–Crippen MR) is 90.8 cm³/mol. The molecule has 2 heterocycles. The Balaban J connectivity index is 1.77. The number of hydrogen-bond acceptors (Lipinski definition) is 5. The van der Waals surface area contributed by atoms with Gasteiger partial charge in [-0.05, 0) is 36.4 Å². The fourth-order valence-corrected chi connectivity index (χ4v) is 2.41. The van der Waals surface area contributed by atoms with Crippen molar-refractivity contribution in [3.05, 3.63) is 67.1 Å². The minimum atomic E-state index is 0.710. The average Bonchev–Trinajstić information content (AvgIpc) is 3.03. The summed E-state index contributed by atoms with van der Waals surface area (Å²) in [5.74, 6) is 0.710. The third kappa shape index (κ3) is 2.46. The average molecular weight is 302 g/mol. The molecule has 4 aromatic rings. The Labute approximate surface area is 132 Å². The minimum absolute atomic E-state index is 0.710. The van der Waals surface area contributed by atoms with Crippen molar-refractivity contribution in [3.63, 3.8) is 0 Å². The number of anilines is 3. The maximum absolute atomic E-state index is 5.71. The van der Waals surface area contributed by atoms with Gasteiger partial charge in [-0.15, -0.1) is 0 Å². The van der Waals surface area contributed by atoms with Gasteiger partial charge < -0.3 is 11.1 Å². The molecular weight excluding hydrogens is 288 g/mol. The lowest BCUT2D eigenvalue weighted by molar-refractivity contribution is 0.895. The van der Waals surface area contributed by atoms with Crippen LogP contribution in [0.3, 0.4) is 0 Å². The number of benzene rings is 2. The van der Waals surface area contributed by atoms with Crippen LogP contribution in [0, 0.1) is 0 Å². The smallest absolute Gasteiger partial charge is 0.168 e. The second kappa shape index (κ2) is 5.42. The molecular formula is C17H14N6. The summed E-state index contributed by atoms with van der Waals surface area (Å²) >= 11 is 0. The van der Waals surface area contributed by atoms with Crippen LogP contribution in [-0.4, -0.2) is 19.7 Å². The predicted octanol–water partition coefficient (Wildman–Crippen LogP) is 3.14. The van der Waals surface area contributed by atoms with E-state index in [2.05, 4.69) is 20.4 Å². The highest BCUT2D eigenvalue weighted by Crippen LogP contribution is 2.24. The van der Waals surface area contributed by atoms with E-state index in [9.17, 15) is 0 Å². The lowest BCUT2D eigenvalue weighted by Gasteiger charge is -2.07. The Bertz CT molecular complexity index is 944. The normalized spacial score (nSPS) is 10.8. The zero-order valence-electron chi connectivity index (χ0n) is 12.2. The largest absolute Gasteiger partial charge is 0.399 e. The number of fused-ring (bicyclic) bond motifs is 1. The second-order valence-electron chi connectivity index (χ2n) is 5.10. The van der Waals surface area contributed by atoms with Gasteiger partial charge in [0.1, 0.15) is 12.1 Å². The molecule has 0 radical (unpaired) electrons. The maximum atomic E-state index is 5.71. The summed E-state index contributed by atoms with van der Waals surface area (Å²) in [5.41, 5.74) is 9.05. The zero-order valence-corrected chi connectivity index (χ0v) is 12.2. The molecule has 0 atom stereocenters. The molecule has 6 heteroatoms. The van der Waals surface area contributed by atoms with E-state index < -0.39 is 0 Å². The number of hydrogen-bond donors (Lipinski definition) is 2. The lowest BCUT2D eigenvalue weighted by Crippen LogP contribution is -1.99. The van der Waals surface area contributed by atoms with Crippen LogP contribution in [0.5, 0.6) is 0 Å². The summed E-state index contributed by atoms with van der Waals surface area (Å²) in [6.07, 6.45) is 3.30. The maximum Gasteiger partial charge on any atom is 0.168 e. The summed E-state index contributed by atoms with van der Waals surface area (Å²) in [6.45, 7) is 0. The number of nitrogens with zero attached hydrogens (tertiary/aromatic N) is 4. The standard InChI is InChI=1S/C17H14N6/c18-12-6-8-13(9-7-12)22-16-15-10-21-23(17(15)20-11-19-16)14-4-2-1-3-5-14/h1-11H,18H2,(H,19,20,22). The monoisotopic (exact) mass is 302 g/mol. The van der Waals surface area contributed by atoms with Crippen molar-refractivity contribution < 1.29 is 0 Å². The summed E-state index contributed by atoms with van der Waals surface area (Å²) in [6, 6.07) is 17.4. The van der Waals surface area contributed by atoms with Crippen molar-refractivity contribution >= 4 is 28.2 Å². The number of aromatic nitrogens is 4. The van der Waals surface area contributed by atoms with Gasteiger partial charge in [0.25, 0.3) is 0 Å². The van der Waals surface area contributed by atoms with Crippen LogP contribution in [0.1, 0.15) is 0 Å². The molecule has 0 spiro atoms. The van der Waals surface area contributed by atoms with E-state index in [0.29, 0.717) is 5.82 Å². The molecule has 112 valence electrons. The summed E-state index contributed by atoms with van der Waals surface area (Å²) in [4.78, 5) is 8.69. The summed E-state index contributed by atoms with van der Waals surface area (Å²) in [5, 5.41) is 8.57. The first-order valence-corrected chi connectivity index (χ1v) is 7.18. The van der Waals surface area contributed by atoms with Crippen LogP contribution in [0.25, 0.3) is 16.7 Å². The first-order valence-electron chi connectivity index (χ1n) is 7.18. The molecule has 3 N–H and O–H groups in total. The number of nitrogens with two attached hydrogens (primary N) is 1. The molecule has 0 fully saturated rings. The first kappa shape index (κ1) is 13.3. The van der Waals surface area contributed by atoms with Crippen molar-refractivity contribution in [2.75, 3.05) is 11.1 Å². The van der Waals surface area contributed by atoms with E-state index >= 15 is 0 Å². The quantitative estimate of drug-likeness (QED) is 0.568. The molecule has 0 saturated carbocycles. The molecule has 2 aromatic carbocycles. The number of nitrogens with one attached hydrogen (secondary N) is 1. The highest BCUT2D eigenvalue weighted by Gasteiger charge is 2.11. The van der Waals surface area contributed by atoms with Gasteiger partial charge in [-0.2, -0.15) is 5.10 Å². The topological polar surface area (TPSA) is 81.7 Å². The van der Waals surface area contributed by atoms with Crippen molar-refractivity contribution in [2.24, 2.45) is 0 Å². The van der Waals surface area contributed by atoms with Gasteiger partial charge in [-0.1, -0.05) is 18.2 Å². The molecule has 0 aliphatic rings. The van der Waals surface area contributed by atoms with E-state index in [0.717, 1.165) is 28.1 Å². The third-order valence-electron chi connectivity index (χ3n) is 3.54. The summed E-state index contributed by atoms with van der Waals surface area (Å²) in [7, 11) is 0. The Morgan fingerprint density at radius 2 is 1.70 bits per heavy atom. The second-order valence-corrected chi connectivity index (χ2v) is 5.10. The number of para-hydroxylation sites is 1. The molecule has 0 amide bonds. The van der Waals surface area contributed by atoms with Crippen LogP contribution in [0.15, 0.2) is 67.1 Å². The Hall–Kier alpha value is -3.41. The van der Waals surface area contributed by atoms with Crippen LogP contribution in [0.4, 0.5) is 17.2 Å². The summed E-state index contributed by atoms with van der Waals surface area (Å²) < 4.78 is 1.80. The van der Waals surface area contributed by atoms with Gasteiger partial charge in [-0.25, -0.2) is 14.6 Å². The van der Waals surface area contributed by atoms with Gasteiger partial charge in [0.2, 0.25) is 0 Å². The van der Waals surface area contributed by atoms with Gasteiger partial charge in [0.05, 0.1) is 17.3 Å². The Morgan fingerprint density at radius 3 is 2.48 bits per heavy atom. The lowest BCUT2D eigenvalue weighted by atomic mass is 10.3. The molecule has 0 aliphatic heterocycles. The van der Waals surface area contributed by atoms with E-state index in [1.807, 2.05) is 54.6 Å². The van der Waals surface area contributed by atoms with Crippen LogP contribution in [0.2, 0.25) is 0 Å². The molecule has 2 aromatic heterocycles. The fraction of sp³-hybridized carbons (Fsp3) is 0. The van der Waals surface area contributed by atoms with Crippen LogP contribution in [-0.2, 0) is 0 Å². The first-order chi connectivity index (χ1) is 11.3. The van der Waals surface area contributed by atoms with Gasteiger partial charge in [0.15, 0.2) is 5.65 Å². The van der Waals surface area contributed by atoms with Crippen LogP contribution >= 0.6 is 0 Å². The number of nitrogen functional groups attached to an aromatic ring is 1. The molecule has 0 saturated heterocycles. The molecule has 4 rings (SSSR count). The third-order valence-corrected chi connectivity index (χ3v) is 3.54. The SMILES string of the molecule is Nc1ccc(Nc2ncnc3c2cnn3-c2ccccc2)cc1. The molecule has 0 aliphatic carbocycles. The van der Waals surface area contributed by atoms with E-state index in [1.165, 1.54) is 6.33 Å². The van der Waals surface area contributed by atoms with E-state index in [1.54, 1.807) is 10.9 Å². The minimum Gasteiger partial charge on any atom is -0.399 e. The van der Waals surface area contributed by atoms with Crippen LogP contribution < -0.4 is 11.1 Å². The Kier molecular flexibility index (Phi) is 3.12. The van der Waals surface area contributed by atoms with Crippen molar-refractivity contribution in [1.29, 1.82) is 0 Å². The van der Waals surface area contributed by atoms with Gasteiger partial charge in [-0.3, -0.25) is 0 Å². The fourth-order valence-electron chi connectivity index (χ4n) is 2.41. The van der Waals surface area contributed by atoms with E-state index in [4.69, 9.17) is 5.73 Å². The molecule has 0 bridgehead atoms. The molecule has 23 heavy (non-hydrogen) atoms. The molecule has 6 nitrogen and oxygen atoms in total. The highest BCUT2D eigenvalue weighted by molar-refractivity contribution is 5.89. The number of rotatable bonds is 3. The Morgan fingerprint density at radius 1 is 0.913 bits per heavy atom.